The lowest BCUT2D eigenvalue weighted by Crippen LogP contribution is -2.34. The van der Waals surface area contributed by atoms with Crippen LogP contribution in [0.15, 0.2) is 24.3 Å². The third-order valence-corrected chi connectivity index (χ3v) is 2.69. The molecule has 2 N–H and O–H groups in total. The molecule has 0 saturated heterocycles. The van der Waals surface area contributed by atoms with Crippen molar-refractivity contribution in [3.8, 4) is 0 Å². The monoisotopic (exact) mass is 197 g/mol. The van der Waals surface area contributed by atoms with Crippen molar-refractivity contribution in [1.29, 1.82) is 0 Å². The van der Waals surface area contributed by atoms with Gasteiger partial charge in [-0.2, -0.15) is 0 Å². The molecule has 1 aromatic carbocycles. The van der Waals surface area contributed by atoms with Crippen molar-refractivity contribution in [2.75, 3.05) is 0 Å². The summed E-state index contributed by atoms with van der Waals surface area (Å²) in [6.07, 6.45) is 2.34. The van der Waals surface area contributed by atoms with E-state index in [0.717, 1.165) is 5.92 Å². The van der Waals surface area contributed by atoms with Gasteiger partial charge in [-0.3, -0.25) is 0 Å². The molecule has 1 aliphatic rings. The number of benzene rings is 1. The Morgan fingerprint density at radius 3 is 2.54 bits per heavy atom. The molecule has 0 aromatic heterocycles. The fraction of sp³-hybridized carbons (Fsp3) is 0.455. The fourth-order valence-corrected chi connectivity index (χ4v) is 1.86. The van der Waals surface area contributed by atoms with Gasteiger partial charge in [0, 0.05) is 6.04 Å². The van der Waals surface area contributed by atoms with Gasteiger partial charge in [0.2, 0.25) is 0 Å². The third-order valence-electron chi connectivity index (χ3n) is 2.69. The molecule has 1 fully saturated rings. The van der Waals surface area contributed by atoms with Crippen LogP contribution in [0.3, 0.4) is 0 Å². The summed E-state index contributed by atoms with van der Waals surface area (Å²) in [5.41, 5.74) is 8.57. The highest BCUT2D eigenvalue weighted by molar-refractivity contribution is 5.85. The maximum atomic E-state index is 5.74. The van der Waals surface area contributed by atoms with Crippen LogP contribution in [0.4, 0.5) is 0 Å². The van der Waals surface area contributed by atoms with E-state index in [0.29, 0.717) is 6.04 Å². The molecule has 72 valence electrons. The van der Waals surface area contributed by atoms with Crippen molar-refractivity contribution in [2.24, 2.45) is 5.73 Å². The Morgan fingerprint density at radius 2 is 2.00 bits per heavy atom. The molecule has 0 spiro atoms. The van der Waals surface area contributed by atoms with E-state index in [-0.39, 0.29) is 12.4 Å². The maximum absolute atomic E-state index is 5.74. The van der Waals surface area contributed by atoms with Crippen molar-refractivity contribution in [1.82, 2.24) is 0 Å². The lowest BCUT2D eigenvalue weighted by Gasteiger charge is -2.32. The first-order chi connectivity index (χ1) is 5.75. The molecule has 1 saturated carbocycles. The first-order valence-corrected chi connectivity index (χ1v) is 4.58. The van der Waals surface area contributed by atoms with Gasteiger partial charge in [-0.05, 0) is 31.2 Å². The van der Waals surface area contributed by atoms with E-state index in [1.165, 1.54) is 24.0 Å². The van der Waals surface area contributed by atoms with E-state index in [1.807, 2.05) is 0 Å². The number of rotatable bonds is 1. The fourth-order valence-electron chi connectivity index (χ4n) is 1.86. The molecule has 0 atom stereocenters. The molecule has 13 heavy (non-hydrogen) atoms. The first-order valence-electron chi connectivity index (χ1n) is 4.58. The normalized spacial score (nSPS) is 26.0. The van der Waals surface area contributed by atoms with E-state index in [4.69, 9.17) is 5.73 Å². The van der Waals surface area contributed by atoms with Gasteiger partial charge in [-0.15, -0.1) is 12.4 Å². The summed E-state index contributed by atoms with van der Waals surface area (Å²) in [6.45, 7) is 2.14. The smallest absolute Gasteiger partial charge is 0.00504 e. The van der Waals surface area contributed by atoms with Crippen molar-refractivity contribution in [2.45, 2.75) is 31.7 Å². The first kappa shape index (κ1) is 10.6. The van der Waals surface area contributed by atoms with Crippen LogP contribution >= 0.6 is 12.4 Å². The van der Waals surface area contributed by atoms with Crippen molar-refractivity contribution >= 4 is 12.4 Å². The summed E-state index contributed by atoms with van der Waals surface area (Å²) in [5, 5.41) is 0. The summed E-state index contributed by atoms with van der Waals surface area (Å²) in [5.74, 6) is 0.736. The van der Waals surface area contributed by atoms with Gasteiger partial charge in [0.1, 0.15) is 0 Å². The van der Waals surface area contributed by atoms with Crippen LogP contribution in [0.25, 0.3) is 0 Å². The predicted octanol–water partition coefficient (Wildman–Crippen LogP) is 2.62. The molecule has 2 heteroatoms. The quantitative estimate of drug-likeness (QED) is 0.736. The van der Waals surface area contributed by atoms with Gasteiger partial charge in [0.05, 0.1) is 0 Å². The number of hydrogen-bond donors (Lipinski definition) is 1. The molecule has 0 unspecified atom stereocenters. The van der Waals surface area contributed by atoms with Crippen molar-refractivity contribution in [3.05, 3.63) is 35.4 Å². The Balaban J connectivity index is 0.000000845. The van der Waals surface area contributed by atoms with Gasteiger partial charge < -0.3 is 5.73 Å². The Kier molecular flexibility index (Phi) is 3.34. The number of nitrogens with two attached hydrogens (primary N) is 1. The molecule has 1 nitrogen and oxygen atoms in total. The Morgan fingerprint density at radius 1 is 1.31 bits per heavy atom. The molecular weight excluding hydrogens is 182 g/mol. The van der Waals surface area contributed by atoms with E-state index < -0.39 is 0 Å². The standard InChI is InChI=1S/C11H15N.ClH/c1-8-3-2-4-9(5-8)10-6-11(12)7-10;/h2-5,10-11H,6-7,12H2,1H3;1H. The van der Waals surface area contributed by atoms with Gasteiger partial charge in [0.25, 0.3) is 0 Å². The number of halogens is 1. The predicted molar refractivity (Wildman–Crippen MR) is 58.4 cm³/mol. The highest BCUT2D eigenvalue weighted by Crippen LogP contribution is 2.35. The summed E-state index contributed by atoms with van der Waals surface area (Å²) < 4.78 is 0. The van der Waals surface area contributed by atoms with Crippen LogP contribution in [0.5, 0.6) is 0 Å². The zero-order chi connectivity index (χ0) is 8.55. The van der Waals surface area contributed by atoms with Crippen LogP contribution in [0, 0.1) is 6.92 Å². The Hall–Kier alpha value is -0.530. The second-order valence-electron chi connectivity index (χ2n) is 3.84. The molecule has 0 bridgehead atoms. The lowest BCUT2D eigenvalue weighted by molar-refractivity contribution is 0.351. The molecule has 0 amide bonds. The Labute approximate surface area is 85.7 Å². The number of aryl methyl sites for hydroxylation is 1. The van der Waals surface area contributed by atoms with Crippen LogP contribution in [-0.2, 0) is 0 Å². The lowest BCUT2D eigenvalue weighted by atomic mass is 9.76. The van der Waals surface area contributed by atoms with Crippen LogP contribution in [0.1, 0.15) is 29.9 Å². The molecule has 1 aliphatic carbocycles. The van der Waals surface area contributed by atoms with E-state index in [2.05, 4.69) is 31.2 Å². The summed E-state index contributed by atoms with van der Waals surface area (Å²) in [6, 6.07) is 9.21. The minimum atomic E-state index is 0. The molecule has 1 aromatic rings. The highest BCUT2D eigenvalue weighted by atomic mass is 35.5. The number of hydrogen-bond acceptors (Lipinski definition) is 1. The molecule has 0 aliphatic heterocycles. The van der Waals surface area contributed by atoms with E-state index in [9.17, 15) is 0 Å². The highest BCUT2D eigenvalue weighted by Gasteiger charge is 2.26. The second kappa shape index (κ2) is 4.12. The van der Waals surface area contributed by atoms with Crippen LogP contribution in [-0.4, -0.2) is 6.04 Å². The SMILES string of the molecule is Cc1cccc(C2CC(N)C2)c1.Cl. The zero-order valence-electron chi connectivity index (χ0n) is 7.86. The van der Waals surface area contributed by atoms with Crippen LogP contribution in [0.2, 0.25) is 0 Å². The van der Waals surface area contributed by atoms with Crippen molar-refractivity contribution < 1.29 is 0 Å². The van der Waals surface area contributed by atoms with Crippen LogP contribution < -0.4 is 5.73 Å². The minimum absolute atomic E-state index is 0. The zero-order valence-corrected chi connectivity index (χ0v) is 8.68. The minimum Gasteiger partial charge on any atom is -0.328 e. The van der Waals surface area contributed by atoms with Gasteiger partial charge >= 0.3 is 0 Å². The molecule has 0 radical (unpaired) electrons. The van der Waals surface area contributed by atoms with Crippen molar-refractivity contribution in [3.63, 3.8) is 0 Å². The van der Waals surface area contributed by atoms with Gasteiger partial charge in [-0.1, -0.05) is 29.8 Å². The average molecular weight is 198 g/mol. The van der Waals surface area contributed by atoms with Gasteiger partial charge in [0.15, 0.2) is 0 Å². The summed E-state index contributed by atoms with van der Waals surface area (Å²) in [4.78, 5) is 0. The summed E-state index contributed by atoms with van der Waals surface area (Å²) in [7, 11) is 0. The molecule has 2 rings (SSSR count). The largest absolute Gasteiger partial charge is 0.328 e. The second-order valence-corrected chi connectivity index (χ2v) is 3.84. The average Bonchev–Trinajstić information content (AvgIpc) is 1.99. The summed E-state index contributed by atoms with van der Waals surface area (Å²) >= 11 is 0. The third kappa shape index (κ3) is 2.23. The van der Waals surface area contributed by atoms with E-state index in [1.54, 1.807) is 0 Å². The topological polar surface area (TPSA) is 26.0 Å². The Bertz CT molecular complexity index is 279. The van der Waals surface area contributed by atoms with Gasteiger partial charge in [-0.25, -0.2) is 0 Å². The molecule has 0 heterocycles. The molecular formula is C11H16ClN. The maximum Gasteiger partial charge on any atom is 0.00504 e. The van der Waals surface area contributed by atoms with E-state index >= 15 is 0 Å².